The van der Waals surface area contributed by atoms with E-state index in [-0.39, 0.29) is 64.8 Å². The van der Waals surface area contributed by atoms with Crippen LogP contribution in [0.4, 0.5) is 0 Å². The van der Waals surface area contributed by atoms with Crippen LogP contribution in [0.15, 0.2) is 0 Å². The monoisotopic (exact) mass is 902 g/mol. The van der Waals surface area contributed by atoms with Crippen LogP contribution in [0.3, 0.4) is 0 Å². The number of hydrogen-bond acceptors (Lipinski definition) is 18. The maximum absolute atomic E-state index is 13.2. The lowest BCUT2D eigenvalue weighted by molar-refractivity contribution is -0.362. The number of aliphatic hydroxyl groups is 10. The van der Waals surface area contributed by atoms with E-state index in [1.807, 2.05) is 6.92 Å². The summed E-state index contributed by atoms with van der Waals surface area (Å²) >= 11 is 0. The molecule has 4 aliphatic heterocycles. The first-order chi connectivity index (χ1) is 29.6. The Labute approximate surface area is 369 Å². The van der Waals surface area contributed by atoms with Crippen molar-refractivity contribution in [1.82, 2.24) is 0 Å². The highest BCUT2D eigenvalue weighted by atomic mass is 16.7. The van der Waals surface area contributed by atoms with Gasteiger partial charge in [0.25, 0.3) is 0 Å². The van der Waals surface area contributed by atoms with Gasteiger partial charge in [-0.3, -0.25) is 4.79 Å². The van der Waals surface area contributed by atoms with E-state index in [4.69, 9.17) is 33.2 Å². The van der Waals surface area contributed by atoms with Gasteiger partial charge in [-0.05, 0) is 98.7 Å². The number of hydrogen-bond donors (Lipinski definition) is 10. The zero-order valence-corrected chi connectivity index (χ0v) is 37.4. The van der Waals surface area contributed by atoms with Crippen molar-refractivity contribution in [1.29, 1.82) is 0 Å². The number of rotatable bonds is 11. The Balaban J connectivity index is 0.946. The fourth-order valence-corrected chi connectivity index (χ4v) is 13.9. The Bertz CT molecular complexity index is 1610. The van der Waals surface area contributed by atoms with Crippen LogP contribution in [-0.4, -0.2) is 180 Å². The van der Waals surface area contributed by atoms with Crippen molar-refractivity contribution in [2.75, 3.05) is 13.2 Å². The molecule has 8 rings (SSSR count). The largest absolute Gasteiger partial charge is 0.394 e. The molecule has 0 bridgehead atoms. The fraction of sp³-hybridized carbons (Fsp3) is 0.978. The molecule has 18 nitrogen and oxygen atoms in total. The SMILES string of the molecule is CC(CCC1(O)OC2CC3C4CC(OC5OC(C)C(O)C(OC6OC(C)C(O)C(O)C6O)C5O)C5CC(=O)CCC5(C)C4CCC3(C)C2C1C)COC1OC(CO)C(O)C(O)C1O. The van der Waals surface area contributed by atoms with Crippen LogP contribution in [0.1, 0.15) is 99.3 Å². The highest BCUT2D eigenvalue weighted by Gasteiger charge is 2.69. The minimum atomic E-state index is -1.65. The topological polar surface area (TPSA) is 284 Å². The molecule has 4 saturated carbocycles. The Morgan fingerprint density at radius 1 is 0.730 bits per heavy atom. The van der Waals surface area contributed by atoms with Gasteiger partial charge in [-0.25, -0.2) is 0 Å². The van der Waals surface area contributed by atoms with Crippen LogP contribution in [0.25, 0.3) is 0 Å². The minimum Gasteiger partial charge on any atom is -0.394 e. The first-order valence-electron chi connectivity index (χ1n) is 23.5. The molecule has 8 fully saturated rings. The second-order valence-corrected chi connectivity index (χ2v) is 21.4. The first-order valence-corrected chi connectivity index (χ1v) is 23.5. The maximum Gasteiger partial charge on any atom is 0.187 e. The zero-order valence-electron chi connectivity index (χ0n) is 37.4. The number of ketones is 1. The molecule has 0 spiro atoms. The summed E-state index contributed by atoms with van der Waals surface area (Å²) in [6.45, 7) is 11.4. The predicted molar refractivity (Wildman–Crippen MR) is 217 cm³/mol. The number of aliphatic hydroxyl groups excluding tert-OH is 9. The molecule has 27 unspecified atom stereocenters. The highest BCUT2D eigenvalue weighted by Crippen LogP contribution is 2.71. The van der Waals surface area contributed by atoms with Gasteiger partial charge in [0.05, 0.1) is 37.6 Å². The average molecular weight is 903 g/mol. The summed E-state index contributed by atoms with van der Waals surface area (Å²) in [5.74, 6) is -0.816. The molecule has 362 valence electrons. The Morgan fingerprint density at radius 3 is 2.08 bits per heavy atom. The lowest BCUT2D eigenvalue weighted by atomic mass is 9.43. The molecule has 18 heteroatoms. The maximum atomic E-state index is 13.2. The van der Waals surface area contributed by atoms with E-state index in [0.29, 0.717) is 38.0 Å². The van der Waals surface area contributed by atoms with E-state index in [1.165, 1.54) is 6.92 Å². The first kappa shape index (κ1) is 48.4. The van der Waals surface area contributed by atoms with Crippen LogP contribution in [0.2, 0.25) is 0 Å². The molecule has 0 aromatic rings. The quantitative estimate of drug-likeness (QED) is 0.117. The van der Waals surface area contributed by atoms with Crippen LogP contribution in [0, 0.1) is 52.3 Å². The second kappa shape index (κ2) is 18.1. The van der Waals surface area contributed by atoms with Gasteiger partial charge >= 0.3 is 0 Å². The molecular formula is C45H74O18. The van der Waals surface area contributed by atoms with Gasteiger partial charge in [0.15, 0.2) is 24.7 Å². The third-order valence-electron chi connectivity index (χ3n) is 17.7. The van der Waals surface area contributed by atoms with Gasteiger partial charge < -0.3 is 84.2 Å². The molecule has 0 amide bonds. The Kier molecular flexibility index (Phi) is 14.0. The minimum absolute atomic E-state index is 0.0791. The molecule has 8 aliphatic rings. The standard InChI is InChI=1S/C45H74O18/c1-18(17-57-40-36(53)35(52)33(50)29(16-46)61-40)7-12-45(56)19(2)30-28(63-45)15-25-23-14-27(26-13-22(47)8-10-43(26,5)24(23)9-11-44(25,30)6)60-42-38(55)39(32(49)21(4)59-42)62-41-37(54)34(51)31(48)20(3)58-41/h18-21,23-42,46,48-56H,7-17H2,1-6H3. The van der Waals surface area contributed by atoms with Gasteiger partial charge in [0.2, 0.25) is 0 Å². The summed E-state index contributed by atoms with van der Waals surface area (Å²) in [7, 11) is 0. The van der Waals surface area contributed by atoms with Gasteiger partial charge in [-0.1, -0.05) is 27.7 Å². The summed E-state index contributed by atoms with van der Waals surface area (Å²) < 4.78 is 42.6. The van der Waals surface area contributed by atoms with Gasteiger partial charge in [-0.2, -0.15) is 0 Å². The fourth-order valence-electron chi connectivity index (χ4n) is 13.9. The lowest BCUT2D eigenvalue weighted by Crippen LogP contribution is -2.64. The van der Waals surface area contributed by atoms with Crippen LogP contribution in [0.5, 0.6) is 0 Å². The normalized spacial score (nSPS) is 56.3. The lowest BCUT2D eigenvalue weighted by Gasteiger charge is -2.62. The summed E-state index contributed by atoms with van der Waals surface area (Å²) in [5, 5.41) is 107. The predicted octanol–water partition coefficient (Wildman–Crippen LogP) is -0.545. The van der Waals surface area contributed by atoms with Crippen molar-refractivity contribution < 1.29 is 89.0 Å². The second-order valence-electron chi connectivity index (χ2n) is 21.4. The van der Waals surface area contributed by atoms with Crippen LogP contribution >= 0.6 is 0 Å². The molecule has 0 aromatic carbocycles. The summed E-state index contributed by atoms with van der Waals surface area (Å²) in [4.78, 5) is 13.2. The number of carbonyl (C=O) groups is 1. The van der Waals surface area contributed by atoms with Crippen molar-refractivity contribution >= 4 is 5.78 Å². The molecule has 0 aromatic heterocycles. The molecule has 10 N–H and O–H groups in total. The average Bonchev–Trinajstić information content (AvgIpc) is 3.68. The van der Waals surface area contributed by atoms with Crippen molar-refractivity contribution in [2.45, 2.75) is 209 Å². The van der Waals surface area contributed by atoms with E-state index in [0.717, 1.165) is 25.7 Å². The van der Waals surface area contributed by atoms with E-state index in [9.17, 15) is 55.9 Å². The van der Waals surface area contributed by atoms with Crippen molar-refractivity contribution in [2.24, 2.45) is 52.3 Å². The zero-order chi connectivity index (χ0) is 45.7. The van der Waals surface area contributed by atoms with Gasteiger partial charge in [0.1, 0.15) is 66.8 Å². The van der Waals surface area contributed by atoms with Crippen LogP contribution in [-0.2, 0) is 38.0 Å². The van der Waals surface area contributed by atoms with E-state index < -0.39 is 111 Å². The van der Waals surface area contributed by atoms with Crippen LogP contribution < -0.4 is 0 Å². The summed E-state index contributed by atoms with van der Waals surface area (Å²) in [6.07, 6.45) is -15.0. The smallest absolute Gasteiger partial charge is 0.187 e. The van der Waals surface area contributed by atoms with Crippen molar-refractivity contribution in [3.63, 3.8) is 0 Å². The van der Waals surface area contributed by atoms with Gasteiger partial charge in [-0.15, -0.1) is 0 Å². The third kappa shape index (κ3) is 8.40. The molecule has 4 saturated heterocycles. The number of ether oxygens (including phenoxy) is 7. The molecule has 63 heavy (non-hydrogen) atoms. The summed E-state index contributed by atoms with van der Waals surface area (Å²) in [6, 6.07) is 0. The van der Waals surface area contributed by atoms with Crippen molar-refractivity contribution in [3.8, 4) is 0 Å². The Morgan fingerprint density at radius 2 is 1.38 bits per heavy atom. The molecule has 27 atom stereocenters. The number of carbonyl (C=O) groups excluding carboxylic acids is 1. The molecular weight excluding hydrogens is 828 g/mol. The van der Waals surface area contributed by atoms with E-state index >= 15 is 0 Å². The highest BCUT2D eigenvalue weighted by molar-refractivity contribution is 5.79. The van der Waals surface area contributed by atoms with Crippen molar-refractivity contribution in [3.05, 3.63) is 0 Å². The third-order valence-corrected chi connectivity index (χ3v) is 17.7. The number of Topliss-reactive ketones (excluding diaryl/α,β-unsaturated/α-hetero) is 1. The van der Waals surface area contributed by atoms with E-state index in [1.54, 1.807) is 6.92 Å². The van der Waals surface area contributed by atoms with E-state index in [2.05, 4.69) is 20.8 Å². The Hall–Kier alpha value is -1.01. The molecule has 4 aliphatic carbocycles. The van der Waals surface area contributed by atoms with Gasteiger partial charge in [0, 0.05) is 25.2 Å². The molecule has 4 heterocycles. The number of fused-ring (bicyclic) bond motifs is 7. The summed E-state index contributed by atoms with van der Waals surface area (Å²) in [5.41, 5.74) is -0.407. The molecule has 0 radical (unpaired) electrons.